The van der Waals surface area contributed by atoms with Crippen LogP contribution in [-0.2, 0) is 4.79 Å². The van der Waals surface area contributed by atoms with Crippen molar-refractivity contribution in [1.82, 2.24) is 14.9 Å². The van der Waals surface area contributed by atoms with Gasteiger partial charge in [0, 0.05) is 18.9 Å². The zero-order valence-electron chi connectivity index (χ0n) is 11.5. The molecule has 5 heteroatoms. The van der Waals surface area contributed by atoms with E-state index >= 15 is 0 Å². The second-order valence-corrected chi connectivity index (χ2v) is 5.43. The highest BCUT2D eigenvalue weighted by Crippen LogP contribution is 2.28. The van der Waals surface area contributed by atoms with Crippen molar-refractivity contribution in [3.8, 4) is 5.69 Å². The van der Waals surface area contributed by atoms with E-state index in [9.17, 15) is 4.79 Å². The van der Waals surface area contributed by atoms with Crippen LogP contribution < -0.4 is 10.6 Å². The van der Waals surface area contributed by atoms with E-state index in [2.05, 4.69) is 15.6 Å². The second kappa shape index (κ2) is 5.09. The van der Waals surface area contributed by atoms with Gasteiger partial charge in [-0.05, 0) is 32.0 Å². The molecule has 2 heterocycles. The standard InChI is InChI=1S/C15H18N4O/c1-15(6-7-16-10-15)14(20)18-12-4-2-3-5-13(12)19-9-8-17-11-19/h2-5,8-9,11,16H,6-7,10H2,1H3,(H,18,20). The molecule has 0 aliphatic carbocycles. The molecule has 1 unspecified atom stereocenters. The van der Waals surface area contributed by atoms with Crippen molar-refractivity contribution in [1.29, 1.82) is 0 Å². The molecule has 0 spiro atoms. The minimum Gasteiger partial charge on any atom is -0.324 e. The average molecular weight is 270 g/mol. The number of para-hydroxylation sites is 2. The largest absolute Gasteiger partial charge is 0.324 e. The summed E-state index contributed by atoms with van der Waals surface area (Å²) >= 11 is 0. The van der Waals surface area contributed by atoms with Crippen molar-refractivity contribution in [2.75, 3.05) is 18.4 Å². The van der Waals surface area contributed by atoms with Crippen LogP contribution in [0.2, 0.25) is 0 Å². The molecule has 0 bridgehead atoms. The maximum absolute atomic E-state index is 12.5. The Morgan fingerprint density at radius 3 is 3.00 bits per heavy atom. The van der Waals surface area contributed by atoms with Gasteiger partial charge in [0.25, 0.3) is 0 Å². The number of hydrogen-bond acceptors (Lipinski definition) is 3. The fraction of sp³-hybridized carbons (Fsp3) is 0.333. The van der Waals surface area contributed by atoms with E-state index in [0.717, 1.165) is 30.9 Å². The summed E-state index contributed by atoms with van der Waals surface area (Å²) in [5.41, 5.74) is 1.40. The van der Waals surface area contributed by atoms with E-state index in [1.165, 1.54) is 0 Å². The highest BCUT2D eigenvalue weighted by molar-refractivity contribution is 5.97. The molecule has 1 amide bonds. The summed E-state index contributed by atoms with van der Waals surface area (Å²) in [5.74, 6) is 0.0649. The number of nitrogens with zero attached hydrogens (tertiary/aromatic N) is 2. The average Bonchev–Trinajstić information content (AvgIpc) is 3.11. The number of benzene rings is 1. The first kappa shape index (κ1) is 12.9. The smallest absolute Gasteiger partial charge is 0.231 e. The maximum atomic E-state index is 12.5. The van der Waals surface area contributed by atoms with Crippen molar-refractivity contribution in [3.63, 3.8) is 0 Å². The van der Waals surface area contributed by atoms with Crippen molar-refractivity contribution < 1.29 is 4.79 Å². The van der Waals surface area contributed by atoms with Gasteiger partial charge in [-0.2, -0.15) is 0 Å². The van der Waals surface area contributed by atoms with Gasteiger partial charge in [0.15, 0.2) is 0 Å². The zero-order chi connectivity index (χ0) is 14.0. The van der Waals surface area contributed by atoms with Gasteiger partial charge in [-0.3, -0.25) is 4.79 Å². The lowest BCUT2D eigenvalue weighted by atomic mass is 9.88. The van der Waals surface area contributed by atoms with E-state index < -0.39 is 0 Å². The van der Waals surface area contributed by atoms with E-state index in [4.69, 9.17) is 0 Å². The fourth-order valence-corrected chi connectivity index (χ4v) is 2.49. The Bertz CT molecular complexity index is 600. The molecular formula is C15H18N4O. The first-order valence-corrected chi connectivity index (χ1v) is 6.79. The van der Waals surface area contributed by atoms with Crippen LogP contribution in [-0.4, -0.2) is 28.5 Å². The molecule has 3 rings (SSSR count). The third kappa shape index (κ3) is 2.32. The Morgan fingerprint density at radius 2 is 2.30 bits per heavy atom. The highest BCUT2D eigenvalue weighted by atomic mass is 16.2. The van der Waals surface area contributed by atoms with Crippen LogP contribution in [0.1, 0.15) is 13.3 Å². The summed E-state index contributed by atoms with van der Waals surface area (Å²) in [4.78, 5) is 16.5. The predicted molar refractivity (Wildman–Crippen MR) is 77.8 cm³/mol. The Hall–Kier alpha value is -2.14. The molecule has 1 aliphatic rings. The van der Waals surface area contributed by atoms with Gasteiger partial charge in [-0.15, -0.1) is 0 Å². The van der Waals surface area contributed by atoms with E-state index in [1.807, 2.05) is 42.0 Å². The lowest BCUT2D eigenvalue weighted by Gasteiger charge is -2.22. The Balaban J connectivity index is 1.86. The molecule has 104 valence electrons. The Labute approximate surface area is 118 Å². The number of aromatic nitrogens is 2. The molecule has 0 radical (unpaired) electrons. The van der Waals surface area contributed by atoms with Gasteiger partial charge in [-0.1, -0.05) is 12.1 Å². The van der Waals surface area contributed by atoms with Crippen LogP contribution in [0.5, 0.6) is 0 Å². The lowest BCUT2D eigenvalue weighted by molar-refractivity contribution is -0.123. The van der Waals surface area contributed by atoms with Gasteiger partial charge in [-0.25, -0.2) is 4.98 Å². The number of amides is 1. The first-order chi connectivity index (χ1) is 9.69. The summed E-state index contributed by atoms with van der Waals surface area (Å²) in [7, 11) is 0. The molecule has 1 saturated heterocycles. The number of imidazole rings is 1. The highest BCUT2D eigenvalue weighted by Gasteiger charge is 2.36. The van der Waals surface area contributed by atoms with Crippen molar-refractivity contribution in [2.24, 2.45) is 5.41 Å². The normalized spacial score (nSPS) is 21.9. The van der Waals surface area contributed by atoms with Gasteiger partial charge >= 0.3 is 0 Å². The SMILES string of the molecule is CC1(C(=O)Nc2ccccc2-n2ccnc2)CCNC1. The number of carbonyl (C=O) groups is 1. The monoisotopic (exact) mass is 270 g/mol. The Morgan fingerprint density at radius 1 is 1.45 bits per heavy atom. The van der Waals surface area contributed by atoms with Crippen LogP contribution in [0, 0.1) is 5.41 Å². The van der Waals surface area contributed by atoms with Crippen LogP contribution >= 0.6 is 0 Å². The Kier molecular flexibility index (Phi) is 3.28. The quantitative estimate of drug-likeness (QED) is 0.894. The molecule has 1 atom stereocenters. The number of hydrogen-bond donors (Lipinski definition) is 2. The third-order valence-corrected chi connectivity index (χ3v) is 3.85. The second-order valence-electron chi connectivity index (χ2n) is 5.43. The molecule has 20 heavy (non-hydrogen) atoms. The van der Waals surface area contributed by atoms with Crippen LogP contribution in [0.3, 0.4) is 0 Å². The summed E-state index contributed by atoms with van der Waals surface area (Å²) in [6.45, 7) is 3.63. The molecule has 0 saturated carbocycles. The predicted octanol–water partition coefficient (Wildman–Crippen LogP) is 1.81. The minimum atomic E-state index is -0.331. The minimum absolute atomic E-state index is 0.0649. The van der Waals surface area contributed by atoms with Gasteiger partial charge in [0.2, 0.25) is 5.91 Å². The van der Waals surface area contributed by atoms with E-state index in [0.29, 0.717) is 0 Å². The number of carbonyl (C=O) groups excluding carboxylic acids is 1. The van der Waals surface area contributed by atoms with Gasteiger partial charge in [0.05, 0.1) is 23.1 Å². The summed E-state index contributed by atoms with van der Waals surface area (Å²) < 4.78 is 1.89. The molecule has 1 aromatic carbocycles. The molecule has 1 aromatic heterocycles. The van der Waals surface area contributed by atoms with Crippen LogP contribution in [0.25, 0.3) is 5.69 Å². The number of anilines is 1. The first-order valence-electron chi connectivity index (χ1n) is 6.79. The topological polar surface area (TPSA) is 59.0 Å². The number of rotatable bonds is 3. The molecule has 2 aromatic rings. The molecule has 5 nitrogen and oxygen atoms in total. The summed E-state index contributed by atoms with van der Waals surface area (Å²) in [6, 6.07) is 7.75. The molecule has 2 N–H and O–H groups in total. The lowest BCUT2D eigenvalue weighted by Crippen LogP contribution is -2.35. The molecular weight excluding hydrogens is 252 g/mol. The fourth-order valence-electron chi connectivity index (χ4n) is 2.49. The summed E-state index contributed by atoms with van der Waals surface area (Å²) in [6.07, 6.45) is 6.18. The molecule has 1 aliphatic heterocycles. The third-order valence-electron chi connectivity index (χ3n) is 3.85. The maximum Gasteiger partial charge on any atom is 0.231 e. The molecule has 1 fully saturated rings. The van der Waals surface area contributed by atoms with Gasteiger partial charge < -0.3 is 15.2 Å². The summed E-state index contributed by atoms with van der Waals surface area (Å²) in [5, 5.41) is 6.30. The van der Waals surface area contributed by atoms with E-state index in [1.54, 1.807) is 12.5 Å². The van der Waals surface area contributed by atoms with Crippen molar-refractivity contribution >= 4 is 11.6 Å². The number of nitrogens with one attached hydrogen (secondary N) is 2. The zero-order valence-corrected chi connectivity index (χ0v) is 11.5. The van der Waals surface area contributed by atoms with Gasteiger partial charge in [0.1, 0.15) is 0 Å². The van der Waals surface area contributed by atoms with E-state index in [-0.39, 0.29) is 11.3 Å². The van der Waals surface area contributed by atoms with Crippen LogP contribution in [0.4, 0.5) is 5.69 Å². The van der Waals surface area contributed by atoms with Crippen molar-refractivity contribution in [2.45, 2.75) is 13.3 Å². The van der Waals surface area contributed by atoms with Crippen LogP contribution in [0.15, 0.2) is 43.0 Å². The van der Waals surface area contributed by atoms with Crippen molar-refractivity contribution in [3.05, 3.63) is 43.0 Å².